The lowest BCUT2D eigenvalue weighted by Gasteiger charge is -2.09. The largest absolute Gasteiger partial charge is 0.508 e. The molecule has 0 radical (unpaired) electrons. The quantitative estimate of drug-likeness (QED) is 0.0774. The Morgan fingerprint density at radius 1 is 0.444 bits per heavy atom. The molecule has 1 N–H and O–H groups in total. The summed E-state index contributed by atoms with van der Waals surface area (Å²) in [6.07, 6.45) is 11.9. The SMILES string of the molecule is CCCCCCCCCCCOCCOCCOCCOCCOCCOCCOCCOCCOC(=O)c1ccc(O)cc1. The summed E-state index contributed by atoms with van der Waals surface area (Å²) in [7, 11) is 0. The van der Waals surface area contributed by atoms with Crippen molar-refractivity contribution in [1.82, 2.24) is 0 Å². The Hall–Kier alpha value is -1.83. The number of unbranched alkanes of at least 4 members (excludes halogenated alkanes) is 8. The number of phenolic OH excluding ortho intramolecular Hbond substituents is 1. The number of aromatic hydroxyl groups is 1. The molecular weight excluding hydrogens is 584 g/mol. The Balaban J connectivity index is 1.65. The van der Waals surface area contributed by atoms with E-state index in [1.54, 1.807) is 0 Å². The summed E-state index contributed by atoms with van der Waals surface area (Å²) in [4.78, 5) is 11.8. The Morgan fingerprint density at radius 3 is 1.13 bits per heavy atom. The van der Waals surface area contributed by atoms with Crippen LogP contribution in [0.25, 0.3) is 0 Å². The van der Waals surface area contributed by atoms with E-state index in [1.807, 2.05) is 0 Å². The molecule has 0 atom stereocenters. The zero-order valence-corrected chi connectivity index (χ0v) is 27.7. The third-order valence-corrected chi connectivity index (χ3v) is 6.56. The fourth-order valence-corrected chi connectivity index (χ4v) is 4.03. The van der Waals surface area contributed by atoms with Crippen LogP contribution in [0.4, 0.5) is 0 Å². The molecule has 0 aliphatic rings. The van der Waals surface area contributed by atoms with Crippen molar-refractivity contribution in [1.29, 1.82) is 0 Å². The van der Waals surface area contributed by atoms with E-state index >= 15 is 0 Å². The van der Waals surface area contributed by atoms with Crippen LogP contribution in [0, 0.1) is 0 Å². The molecule has 11 heteroatoms. The Morgan fingerprint density at radius 2 is 0.756 bits per heavy atom. The summed E-state index contributed by atoms with van der Waals surface area (Å²) < 4.78 is 49.0. The molecule has 11 nitrogen and oxygen atoms in total. The third kappa shape index (κ3) is 29.3. The number of rotatable bonds is 35. The Kier molecular flexibility index (Phi) is 30.7. The number of carbonyl (C=O) groups excluding carboxylic acids is 1. The number of phenols is 1. The highest BCUT2D eigenvalue weighted by molar-refractivity contribution is 5.89. The molecule has 262 valence electrons. The van der Waals surface area contributed by atoms with Crippen molar-refractivity contribution in [3.8, 4) is 5.75 Å². The molecule has 0 aliphatic carbocycles. The molecule has 0 saturated heterocycles. The minimum Gasteiger partial charge on any atom is -0.508 e. The molecule has 0 unspecified atom stereocenters. The van der Waals surface area contributed by atoms with Gasteiger partial charge in [-0.05, 0) is 30.7 Å². The van der Waals surface area contributed by atoms with Gasteiger partial charge in [0.25, 0.3) is 0 Å². The Bertz CT molecular complexity index is 748. The maximum atomic E-state index is 11.8. The summed E-state index contributed by atoms with van der Waals surface area (Å²) in [5.41, 5.74) is 0.379. The molecule has 1 aromatic carbocycles. The zero-order valence-electron chi connectivity index (χ0n) is 27.7. The van der Waals surface area contributed by atoms with Gasteiger partial charge in [-0.2, -0.15) is 0 Å². The van der Waals surface area contributed by atoms with Gasteiger partial charge in [-0.15, -0.1) is 0 Å². The maximum absolute atomic E-state index is 11.8. The lowest BCUT2D eigenvalue weighted by Crippen LogP contribution is -2.15. The first-order chi connectivity index (χ1) is 22.2. The molecule has 0 bridgehead atoms. The monoisotopic (exact) mass is 644 g/mol. The minimum atomic E-state index is -0.457. The van der Waals surface area contributed by atoms with Crippen molar-refractivity contribution >= 4 is 5.97 Å². The van der Waals surface area contributed by atoms with Crippen LogP contribution in [0.2, 0.25) is 0 Å². The maximum Gasteiger partial charge on any atom is 0.338 e. The van der Waals surface area contributed by atoms with E-state index in [9.17, 15) is 9.90 Å². The second-order valence-corrected chi connectivity index (χ2v) is 10.4. The van der Waals surface area contributed by atoms with Gasteiger partial charge in [0.05, 0.1) is 105 Å². The van der Waals surface area contributed by atoms with Crippen LogP contribution >= 0.6 is 0 Å². The van der Waals surface area contributed by atoms with Gasteiger partial charge >= 0.3 is 5.97 Å². The van der Waals surface area contributed by atoms with Gasteiger partial charge in [-0.1, -0.05) is 58.3 Å². The van der Waals surface area contributed by atoms with Crippen LogP contribution < -0.4 is 0 Å². The molecular formula is C34H60O11. The number of hydrogen-bond donors (Lipinski definition) is 1. The van der Waals surface area contributed by atoms with Crippen molar-refractivity contribution in [2.45, 2.75) is 64.7 Å². The lowest BCUT2D eigenvalue weighted by molar-refractivity contribution is -0.0244. The van der Waals surface area contributed by atoms with Gasteiger partial charge in [0, 0.05) is 6.61 Å². The van der Waals surface area contributed by atoms with Gasteiger partial charge in [0.1, 0.15) is 12.4 Å². The van der Waals surface area contributed by atoms with E-state index in [0.717, 1.165) is 13.0 Å². The fraction of sp³-hybridized carbons (Fsp3) is 0.794. The second kappa shape index (κ2) is 33.5. The van der Waals surface area contributed by atoms with Crippen molar-refractivity contribution in [3.63, 3.8) is 0 Å². The van der Waals surface area contributed by atoms with Gasteiger partial charge < -0.3 is 47.7 Å². The van der Waals surface area contributed by atoms with Crippen LogP contribution in [-0.2, 0) is 42.6 Å². The van der Waals surface area contributed by atoms with Crippen LogP contribution in [0.3, 0.4) is 0 Å². The smallest absolute Gasteiger partial charge is 0.338 e. The van der Waals surface area contributed by atoms with E-state index in [4.69, 9.17) is 42.6 Å². The number of carbonyl (C=O) groups is 1. The molecule has 0 spiro atoms. The van der Waals surface area contributed by atoms with Crippen molar-refractivity contribution in [2.75, 3.05) is 112 Å². The average Bonchev–Trinajstić information content (AvgIpc) is 3.05. The molecule has 0 aromatic heterocycles. The summed E-state index contributed by atoms with van der Waals surface area (Å²) in [5, 5.41) is 9.23. The van der Waals surface area contributed by atoms with Crippen molar-refractivity contribution in [2.24, 2.45) is 0 Å². The first-order valence-corrected chi connectivity index (χ1v) is 16.8. The first kappa shape index (κ1) is 41.2. The lowest BCUT2D eigenvalue weighted by atomic mass is 10.1. The molecule has 1 aromatic rings. The highest BCUT2D eigenvalue weighted by Gasteiger charge is 2.06. The molecule has 0 aliphatic heterocycles. The van der Waals surface area contributed by atoms with E-state index in [2.05, 4.69) is 6.92 Å². The topological polar surface area (TPSA) is 120 Å². The molecule has 0 amide bonds. The van der Waals surface area contributed by atoms with Crippen molar-refractivity contribution in [3.05, 3.63) is 29.8 Å². The number of ether oxygens (including phenoxy) is 9. The van der Waals surface area contributed by atoms with E-state index in [-0.39, 0.29) is 19.0 Å². The summed E-state index contributed by atoms with van der Waals surface area (Å²) >= 11 is 0. The second-order valence-electron chi connectivity index (χ2n) is 10.4. The van der Waals surface area contributed by atoms with Crippen LogP contribution in [-0.4, -0.2) is 123 Å². The van der Waals surface area contributed by atoms with E-state index in [1.165, 1.54) is 75.6 Å². The summed E-state index contributed by atoms with van der Waals surface area (Å²) in [6, 6.07) is 5.88. The van der Waals surface area contributed by atoms with Gasteiger partial charge in [-0.25, -0.2) is 4.79 Å². The number of benzene rings is 1. The Labute approximate surface area is 271 Å². The van der Waals surface area contributed by atoms with Gasteiger partial charge in [0.2, 0.25) is 0 Å². The highest BCUT2D eigenvalue weighted by Crippen LogP contribution is 2.11. The van der Waals surface area contributed by atoms with Gasteiger partial charge in [-0.3, -0.25) is 0 Å². The molecule has 0 heterocycles. The van der Waals surface area contributed by atoms with Gasteiger partial charge in [0.15, 0.2) is 0 Å². The minimum absolute atomic E-state index is 0.0982. The van der Waals surface area contributed by atoms with E-state index in [0.29, 0.717) is 98.1 Å². The predicted octanol–water partition coefficient (Wildman–Crippen LogP) is 5.21. The standard InChI is InChI=1S/C34H60O11/c1-2-3-4-5-6-7-8-9-10-15-37-16-17-38-18-19-39-20-21-40-22-23-41-24-25-42-26-27-43-28-29-44-30-31-45-34(36)32-11-13-33(35)14-12-32/h11-14,35H,2-10,15-31H2,1H3. The molecule has 1 rings (SSSR count). The van der Waals surface area contributed by atoms with Crippen molar-refractivity contribution < 1.29 is 52.5 Å². The highest BCUT2D eigenvalue weighted by atomic mass is 16.6. The molecule has 0 fully saturated rings. The normalized spacial score (nSPS) is 11.3. The van der Waals surface area contributed by atoms with Crippen LogP contribution in [0.5, 0.6) is 5.75 Å². The fourth-order valence-electron chi connectivity index (χ4n) is 4.03. The third-order valence-electron chi connectivity index (χ3n) is 6.56. The number of hydrogen-bond acceptors (Lipinski definition) is 11. The molecule has 45 heavy (non-hydrogen) atoms. The number of esters is 1. The average molecular weight is 645 g/mol. The van der Waals surface area contributed by atoms with Crippen LogP contribution in [0.15, 0.2) is 24.3 Å². The predicted molar refractivity (Wildman–Crippen MR) is 172 cm³/mol. The van der Waals surface area contributed by atoms with Crippen LogP contribution in [0.1, 0.15) is 75.1 Å². The summed E-state index contributed by atoms with van der Waals surface area (Å²) in [5.74, 6) is -0.359. The summed E-state index contributed by atoms with van der Waals surface area (Å²) in [6.45, 7) is 10.7. The first-order valence-electron chi connectivity index (χ1n) is 16.8. The molecule has 0 saturated carbocycles. The van der Waals surface area contributed by atoms with E-state index < -0.39 is 5.97 Å². The zero-order chi connectivity index (χ0) is 32.3.